The van der Waals surface area contributed by atoms with Gasteiger partial charge in [-0.05, 0) is 31.2 Å². The molecule has 0 bridgehead atoms. The highest BCUT2D eigenvalue weighted by Gasteiger charge is 2.26. The zero-order valence-electron chi connectivity index (χ0n) is 14.2. The lowest BCUT2D eigenvalue weighted by Gasteiger charge is -2.18. The Balaban J connectivity index is 1.92. The van der Waals surface area contributed by atoms with Crippen LogP contribution in [0.5, 0.6) is 0 Å². The number of Topliss-reactive ketones (excluding diaryl/α,β-unsaturated/α-hetero) is 1. The van der Waals surface area contributed by atoms with Crippen molar-refractivity contribution in [3.8, 4) is 0 Å². The summed E-state index contributed by atoms with van der Waals surface area (Å²) in [5, 5.41) is 0.546. The van der Waals surface area contributed by atoms with Crippen LogP contribution >= 0.6 is 11.6 Å². The van der Waals surface area contributed by atoms with Gasteiger partial charge in [0.1, 0.15) is 0 Å². The van der Waals surface area contributed by atoms with Gasteiger partial charge in [0.05, 0.1) is 5.56 Å². The van der Waals surface area contributed by atoms with Gasteiger partial charge in [0, 0.05) is 16.1 Å². The number of rotatable bonds is 5. The molecule has 130 valence electrons. The van der Waals surface area contributed by atoms with Crippen LogP contribution in [-0.4, -0.2) is 11.8 Å². The first kappa shape index (κ1) is 17.9. The Labute approximate surface area is 157 Å². The molecule has 0 aliphatic rings. The van der Waals surface area contributed by atoms with Gasteiger partial charge in [-0.2, -0.15) is 0 Å². The molecule has 3 aromatic rings. The first-order valence-corrected chi connectivity index (χ1v) is 8.55. The Morgan fingerprint density at radius 1 is 0.808 bits per heavy atom. The Bertz CT molecular complexity index is 900. The third-order valence-electron chi connectivity index (χ3n) is 3.98. The lowest BCUT2D eigenvalue weighted by atomic mass is 9.99. The van der Waals surface area contributed by atoms with Gasteiger partial charge in [-0.15, -0.1) is 0 Å². The summed E-state index contributed by atoms with van der Waals surface area (Å²) >= 11 is 5.94. The maximum atomic E-state index is 12.9. The first-order chi connectivity index (χ1) is 12.5. The normalized spacial score (nSPS) is 11.6. The van der Waals surface area contributed by atoms with Crippen LogP contribution in [0.3, 0.4) is 0 Å². The van der Waals surface area contributed by atoms with Gasteiger partial charge in [-0.25, -0.2) is 4.79 Å². The summed E-state index contributed by atoms with van der Waals surface area (Å²) in [4.78, 5) is 25.5. The first-order valence-electron chi connectivity index (χ1n) is 8.17. The van der Waals surface area contributed by atoms with Crippen LogP contribution < -0.4 is 0 Å². The molecule has 3 nitrogen and oxygen atoms in total. The van der Waals surface area contributed by atoms with Gasteiger partial charge >= 0.3 is 5.97 Å². The molecule has 0 radical (unpaired) electrons. The molecule has 0 aliphatic heterocycles. The molecule has 0 aliphatic carbocycles. The van der Waals surface area contributed by atoms with Crippen LogP contribution in [0, 0.1) is 6.92 Å². The second-order valence-corrected chi connectivity index (χ2v) is 6.37. The molecule has 0 heterocycles. The highest BCUT2D eigenvalue weighted by Crippen LogP contribution is 2.25. The van der Waals surface area contributed by atoms with Crippen LogP contribution in [0.2, 0.25) is 5.02 Å². The van der Waals surface area contributed by atoms with E-state index in [0.29, 0.717) is 21.7 Å². The van der Waals surface area contributed by atoms with E-state index in [0.717, 1.165) is 5.56 Å². The third kappa shape index (κ3) is 4.19. The monoisotopic (exact) mass is 364 g/mol. The highest BCUT2D eigenvalue weighted by molar-refractivity contribution is 6.30. The number of aryl methyl sites for hydroxylation is 1. The van der Waals surface area contributed by atoms with Gasteiger partial charge < -0.3 is 4.74 Å². The Kier molecular flexibility index (Phi) is 5.49. The molecule has 0 aromatic heterocycles. The predicted molar refractivity (Wildman–Crippen MR) is 102 cm³/mol. The van der Waals surface area contributed by atoms with Crippen molar-refractivity contribution in [1.29, 1.82) is 0 Å². The molecule has 0 N–H and O–H groups in total. The third-order valence-corrected chi connectivity index (χ3v) is 4.23. The standard InChI is InChI=1S/C22H17ClO3/c1-15-7-9-18(10-8-15)22(25)26-21(17-11-13-19(23)14-12-17)20(24)16-5-3-2-4-6-16/h2-14,21H,1H3/t21-/m1/s1. The quantitative estimate of drug-likeness (QED) is 0.448. The number of ketones is 1. The minimum absolute atomic E-state index is 0.284. The summed E-state index contributed by atoms with van der Waals surface area (Å²) in [5.41, 5.74) is 2.49. The molecule has 0 amide bonds. The maximum Gasteiger partial charge on any atom is 0.339 e. The summed E-state index contributed by atoms with van der Waals surface area (Å²) in [5.74, 6) is -0.831. The van der Waals surface area contributed by atoms with E-state index in [9.17, 15) is 9.59 Å². The van der Waals surface area contributed by atoms with Gasteiger partial charge in [0.25, 0.3) is 0 Å². The lowest BCUT2D eigenvalue weighted by Crippen LogP contribution is -2.20. The average molecular weight is 365 g/mol. The second-order valence-electron chi connectivity index (χ2n) is 5.93. The van der Waals surface area contributed by atoms with Crippen molar-refractivity contribution < 1.29 is 14.3 Å². The molecule has 3 aromatic carbocycles. The van der Waals surface area contributed by atoms with Gasteiger partial charge in [-0.1, -0.05) is 71.8 Å². The van der Waals surface area contributed by atoms with Crippen molar-refractivity contribution in [3.63, 3.8) is 0 Å². The molecule has 0 saturated carbocycles. The lowest BCUT2D eigenvalue weighted by molar-refractivity contribution is 0.0280. The highest BCUT2D eigenvalue weighted by atomic mass is 35.5. The molecular weight excluding hydrogens is 348 g/mol. The summed E-state index contributed by atoms with van der Waals surface area (Å²) in [6, 6.07) is 22.5. The predicted octanol–water partition coefficient (Wildman–Crippen LogP) is 5.43. The number of hydrogen-bond donors (Lipinski definition) is 0. The molecular formula is C22H17ClO3. The van der Waals surface area contributed by atoms with Crippen molar-refractivity contribution >= 4 is 23.4 Å². The zero-order chi connectivity index (χ0) is 18.5. The van der Waals surface area contributed by atoms with Gasteiger partial charge in [-0.3, -0.25) is 4.79 Å². The molecule has 3 rings (SSSR count). The van der Waals surface area contributed by atoms with Crippen molar-refractivity contribution in [3.05, 3.63) is 106 Å². The number of halogens is 1. The molecule has 26 heavy (non-hydrogen) atoms. The number of carbonyl (C=O) groups is 2. The molecule has 0 spiro atoms. The fraction of sp³-hybridized carbons (Fsp3) is 0.0909. The van der Waals surface area contributed by atoms with Gasteiger partial charge in [0.15, 0.2) is 6.10 Å². The minimum Gasteiger partial charge on any atom is -0.445 e. The van der Waals surface area contributed by atoms with E-state index in [1.165, 1.54) is 0 Å². The second kappa shape index (κ2) is 7.98. The van der Waals surface area contributed by atoms with Crippen molar-refractivity contribution in [2.75, 3.05) is 0 Å². The van der Waals surface area contributed by atoms with E-state index in [4.69, 9.17) is 16.3 Å². The van der Waals surface area contributed by atoms with E-state index >= 15 is 0 Å². The number of ether oxygens (including phenoxy) is 1. The van der Waals surface area contributed by atoms with Crippen LogP contribution in [0.15, 0.2) is 78.9 Å². The summed E-state index contributed by atoms with van der Waals surface area (Å²) in [7, 11) is 0. The van der Waals surface area contributed by atoms with Crippen LogP contribution in [0.1, 0.15) is 37.9 Å². The van der Waals surface area contributed by atoms with E-state index in [1.54, 1.807) is 60.7 Å². The molecule has 0 fully saturated rings. The maximum absolute atomic E-state index is 12.9. The summed E-state index contributed by atoms with van der Waals surface area (Å²) < 4.78 is 5.59. The van der Waals surface area contributed by atoms with Gasteiger partial charge in [0.2, 0.25) is 5.78 Å². The van der Waals surface area contributed by atoms with Crippen LogP contribution in [0.25, 0.3) is 0 Å². The fourth-order valence-electron chi connectivity index (χ4n) is 2.53. The Hall–Kier alpha value is -2.91. The number of hydrogen-bond acceptors (Lipinski definition) is 3. The summed E-state index contributed by atoms with van der Waals surface area (Å²) in [6.07, 6.45) is -1.04. The molecule has 0 unspecified atom stereocenters. The number of benzene rings is 3. The Morgan fingerprint density at radius 3 is 2.04 bits per heavy atom. The summed E-state index contributed by atoms with van der Waals surface area (Å²) in [6.45, 7) is 1.94. The van der Waals surface area contributed by atoms with E-state index in [2.05, 4.69) is 0 Å². The van der Waals surface area contributed by atoms with Crippen LogP contribution in [-0.2, 0) is 4.74 Å². The zero-order valence-corrected chi connectivity index (χ0v) is 14.9. The van der Waals surface area contributed by atoms with E-state index in [-0.39, 0.29) is 5.78 Å². The number of esters is 1. The SMILES string of the molecule is Cc1ccc(C(=O)O[C@@H](C(=O)c2ccccc2)c2ccc(Cl)cc2)cc1. The largest absolute Gasteiger partial charge is 0.445 e. The van der Waals surface area contributed by atoms with E-state index in [1.807, 2.05) is 25.1 Å². The smallest absolute Gasteiger partial charge is 0.339 e. The average Bonchev–Trinajstić information content (AvgIpc) is 2.67. The molecule has 4 heteroatoms. The number of carbonyl (C=O) groups excluding carboxylic acids is 2. The van der Waals surface area contributed by atoms with Crippen molar-refractivity contribution in [2.45, 2.75) is 13.0 Å². The molecule has 1 atom stereocenters. The molecule has 0 saturated heterocycles. The topological polar surface area (TPSA) is 43.4 Å². The minimum atomic E-state index is -1.04. The van der Waals surface area contributed by atoms with Crippen molar-refractivity contribution in [2.24, 2.45) is 0 Å². The fourth-order valence-corrected chi connectivity index (χ4v) is 2.66. The van der Waals surface area contributed by atoms with Crippen LogP contribution in [0.4, 0.5) is 0 Å². The Morgan fingerprint density at radius 2 is 1.42 bits per heavy atom. The van der Waals surface area contributed by atoms with Crippen molar-refractivity contribution in [1.82, 2.24) is 0 Å². The van der Waals surface area contributed by atoms with E-state index < -0.39 is 12.1 Å².